The van der Waals surface area contributed by atoms with E-state index in [4.69, 9.17) is 0 Å². The van der Waals surface area contributed by atoms with Crippen LogP contribution in [0.5, 0.6) is 0 Å². The molecule has 0 N–H and O–H groups in total. The van der Waals surface area contributed by atoms with Gasteiger partial charge in [0.2, 0.25) is 0 Å². The zero-order valence-electron chi connectivity index (χ0n) is 32.4. The van der Waals surface area contributed by atoms with Gasteiger partial charge in [-0.25, -0.2) is 9.13 Å². The fraction of sp³-hybridized carbons (Fsp3) is 0.932. The van der Waals surface area contributed by atoms with Gasteiger partial charge in [0.25, 0.3) is 5.82 Å². The van der Waals surface area contributed by atoms with Gasteiger partial charge in [0.1, 0.15) is 12.4 Å². The first kappa shape index (κ1) is 43.2. The SMILES string of the molecule is CCCCCCCCCCCCCCCCCCc1n(CCCCCCCCCCCCCC)cc[n+]1CCCCCCCCC. The minimum Gasteiger partial charge on any atom is -0.234 e. The number of aromatic nitrogens is 2. The highest BCUT2D eigenvalue weighted by atomic mass is 15.1. The van der Waals surface area contributed by atoms with Gasteiger partial charge in [0.15, 0.2) is 0 Å². The molecule has 0 unspecified atom stereocenters. The molecule has 2 heteroatoms. The first-order valence-corrected chi connectivity index (χ1v) is 21.9. The van der Waals surface area contributed by atoms with Crippen molar-refractivity contribution in [3.63, 3.8) is 0 Å². The normalized spacial score (nSPS) is 11.6. The minimum atomic E-state index is 1.23. The van der Waals surface area contributed by atoms with Crippen LogP contribution in [-0.4, -0.2) is 4.57 Å². The quantitative estimate of drug-likeness (QED) is 0.0501. The van der Waals surface area contributed by atoms with Crippen molar-refractivity contribution in [2.24, 2.45) is 0 Å². The average Bonchev–Trinajstić information content (AvgIpc) is 3.45. The summed E-state index contributed by atoms with van der Waals surface area (Å²) in [5, 5.41) is 0. The monoisotopic (exact) mass is 644 g/mol. The zero-order chi connectivity index (χ0) is 33.0. The van der Waals surface area contributed by atoms with Crippen molar-refractivity contribution >= 4 is 0 Å². The summed E-state index contributed by atoms with van der Waals surface area (Å²) >= 11 is 0. The standard InChI is InChI=1S/C44H87N2/c1-4-7-10-13-16-18-20-22-23-24-25-26-28-30-33-36-39-44-45(40-37-34-31-15-12-9-6-3)42-43-46(44)41-38-35-32-29-27-21-19-17-14-11-8-5-2/h42-43H,4-41H2,1-3H3/q+1. The largest absolute Gasteiger partial charge is 0.256 e. The van der Waals surface area contributed by atoms with Gasteiger partial charge >= 0.3 is 0 Å². The molecular formula is C44H87N2+. The van der Waals surface area contributed by atoms with E-state index in [1.54, 1.807) is 5.82 Å². The van der Waals surface area contributed by atoms with Crippen LogP contribution in [0, 0.1) is 0 Å². The van der Waals surface area contributed by atoms with Crippen molar-refractivity contribution in [2.45, 2.75) is 265 Å². The number of unbranched alkanes of at least 4 members (excludes halogenated alkanes) is 32. The summed E-state index contributed by atoms with van der Waals surface area (Å²) in [6.45, 7) is 9.41. The molecular weight excluding hydrogens is 556 g/mol. The van der Waals surface area contributed by atoms with Crippen molar-refractivity contribution < 1.29 is 4.57 Å². The molecule has 2 nitrogen and oxygen atoms in total. The maximum atomic E-state index is 2.64. The van der Waals surface area contributed by atoms with Crippen LogP contribution in [-0.2, 0) is 19.5 Å². The molecule has 0 spiro atoms. The Balaban J connectivity index is 2.22. The van der Waals surface area contributed by atoms with Crippen LogP contribution >= 0.6 is 0 Å². The average molecular weight is 644 g/mol. The third-order valence-electron chi connectivity index (χ3n) is 10.6. The summed E-state index contributed by atoms with van der Waals surface area (Å²) in [5.74, 6) is 1.62. The molecule has 0 radical (unpaired) electrons. The summed E-state index contributed by atoms with van der Waals surface area (Å²) in [6.07, 6.45) is 56.4. The Bertz CT molecular complexity index is 707. The molecule has 0 saturated heterocycles. The van der Waals surface area contributed by atoms with Gasteiger partial charge < -0.3 is 0 Å². The summed E-state index contributed by atoms with van der Waals surface area (Å²) < 4.78 is 5.28. The minimum absolute atomic E-state index is 1.23. The molecule has 0 aliphatic rings. The predicted molar refractivity (Wildman–Crippen MR) is 207 cm³/mol. The Kier molecular flexibility index (Phi) is 33.4. The van der Waals surface area contributed by atoms with Gasteiger partial charge in [0, 0.05) is 6.42 Å². The van der Waals surface area contributed by atoms with E-state index in [0.29, 0.717) is 0 Å². The Morgan fingerprint density at radius 1 is 0.370 bits per heavy atom. The molecule has 0 saturated carbocycles. The van der Waals surface area contributed by atoms with Gasteiger partial charge in [-0.2, -0.15) is 0 Å². The molecule has 0 bridgehead atoms. The second kappa shape index (κ2) is 35.5. The third-order valence-corrected chi connectivity index (χ3v) is 10.6. The van der Waals surface area contributed by atoms with E-state index in [-0.39, 0.29) is 0 Å². The molecule has 0 aliphatic heterocycles. The first-order valence-electron chi connectivity index (χ1n) is 21.9. The fourth-order valence-electron chi connectivity index (χ4n) is 7.39. The Hall–Kier alpha value is -0.790. The van der Waals surface area contributed by atoms with Crippen LogP contribution < -0.4 is 4.57 Å². The highest BCUT2D eigenvalue weighted by Gasteiger charge is 2.16. The van der Waals surface area contributed by atoms with E-state index in [0.717, 1.165) is 0 Å². The molecule has 0 fully saturated rings. The lowest BCUT2D eigenvalue weighted by atomic mass is 10.0. The van der Waals surface area contributed by atoms with Gasteiger partial charge in [-0.1, -0.05) is 213 Å². The van der Waals surface area contributed by atoms with Crippen molar-refractivity contribution in [1.82, 2.24) is 4.57 Å². The second-order valence-corrected chi connectivity index (χ2v) is 15.2. The maximum Gasteiger partial charge on any atom is 0.256 e. The van der Waals surface area contributed by atoms with E-state index in [1.807, 2.05) is 0 Å². The van der Waals surface area contributed by atoms with Crippen molar-refractivity contribution in [3.05, 3.63) is 18.2 Å². The molecule has 1 rings (SSSR count). The van der Waals surface area contributed by atoms with Crippen LogP contribution in [0.1, 0.15) is 251 Å². The first-order chi connectivity index (χ1) is 22.8. The van der Waals surface area contributed by atoms with Crippen LogP contribution in [0.25, 0.3) is 0 Å². The van der Waals surface area contributed by atoms with E-state index in [2.05, 4.69) is 42.3 Å². The zero-order valence-corrected chi connectivity index (χ0v) is 32.4. The molecule has 1 aromatic rings. The molecule has 46 heavy (non-hydrogen) atoms. The van der Waals surface area contributed by atoms with E-state index >= 15 is 0 Å². The summed E-state index contributed by atoms with van der Waals surface area (Å²) in [7, 11) is 0. The molecule has 1 aromatic heterocycles. The second-order valence-electron chi connectivity index (χ2n) is 15.2. The maximum absolute atomic E-state index is 2.64. The van der Waals surface area contributed by atoms with Crippen LogP contribution in [0.2, 0.25) is 0 Å². The van der Waals surface area contributed by atoms with Crippen molar-refractivity contribution in [3.8, 4) is 0 Å². The molecule has 0 atom stereocenters. The van der Waals surface area contributed by atoms with Gasteiger partial charge in [0.05, 0.1) is 13.1 Å². The smallest absolute Gasteiger partial charge is 0.234 e. The topological polar surface area (TPSA) is 8.81 Å². The van der Waals surface area contributed by atoms with Crippen LogP contribution in [0.4, 0.5) is 0 Å². The Morgan fingerprint density at radius 3 is 1.04 bits per heavy atom. The third kappa shape index (κ3) is 27.2. The lowest BCUT2D eigenvalue weighted by Crippen LogP contribution is -2.37. The number of hydrogen-bond acceptors (Lipinski definition) is 0. The van der Waals surface area contributed by atoms with Crippen molar-refractivity contribution in [2.75, 3.05) is 0 Å². The van der Waals surface area contributed by atoms with Gasteiger partial charge in [-0.05, 0) is 32.1 Å². The molecule has 0 amide bonds. The predicted octanol–water partition coefficient (Wildman–Crippen LogP) is 15.0. The number of aryl methyl sites for hydroxylation is 2. The summed E-state index contributed by atoms with van der Waals surface area (Å²) in [6, 6.07) is 0. The lowest BCUT2D eigenvalue weighted by Gasteiger charge is -2.07. The number of hydrogen-bond donors (Lipinski definition) is 0. The molecule has 1 heterocycles. The van der Waals surface area contributed by atoms with Gasteiger partial charge in [-0.3, -0.25) is 0 Å². The Labute approximate surface area is 291 Å². The number of rotatable bonds is 38. The summed E-state index contributed by atoms with van der Waals surface area (Å²) in [5.41, 5.74) is 0. The fourth-order valence-corrected chi connectivity index (χ4v) is 7.39. The van der Waals surface area contributed by atoms with E-state index < -0.39 is 0 Å². The highest BCUT2D eigenvalue weighted by Crippen LogP contribution is 2.16. The van der Waals surface area contributed by atoms with Gasteiger partial charge in [-0.15, -0.1) is 0 Å². The van der Waals surface area contributed by atoms with E-state index in [9.17, 15) is 0 Å². The Morgan fingerprint density at radius 2 is 0.674 bits per heavy atom. The van der Waals surface area contributed by atoms with Crippen molar-refractivity contribution in [1.29, 1.82) is 0 Å². The van der Waals surface area contributed by atoms with Crippen LogP contribution in [0.3, 0.4) is 0 Å². The van der Waals surface area contributed by atoms with E-state index in [1.165, 1.54) is 244 Å². The highest BCUT2D eigenvalue weighted by molar-refractivity contribution is 4.84. The lowest BCUT2D eigenvalue weighted by molar-refractivity contribution is -0.704. The molecule has 0 aliphatic carbocycles. The summed E-state index contributed by atoms with van der Waals surface area (Å²) in [4.78, 5) is 0. The number of nitrogens with zero attached hydrogens (tertiary/aromatic N) is 2. The molecule has 272 valence electrons. The van der Waals surface area contributed by atoms with Crippen LogP contribution in [0.15, 0.2) is 12.4 Å². The number of imidazole rings is 1. The molecule has 0 aromatic carbocycles.